The molecular weight excluding hydrogens is 196 g/mol. The van der Waals surface area contributed by atoms with Crippen LogP contribution in [0.2, 0.25) is 0 Å². The van der Waals surface area contributed by atoms with Gasteiger partial charge in [0.2, 0.25) is 10.6 Å². The summed E-state index contributed by atoms with van der Waals surface area (Å²) in [5.74, 6) is 0.763. The predicted octanol–water partition coefficient (Wildman–Crippen LogP) is 1.88. The van der Waals surface area contributed by atoms with Crippen molar-refractivity contribution in [3.05, 3.63) is 10.6 Å². The van der Waals surface area contributed by atoms with E-state index in [1.807, 2.05) is 0 Å². The Morgan fingerprint density at radius 1 is 1.60 bits per heavy atom. The van der Waals surface area contributed by atoms with Crippen LogP contribution in [0.15, 0.2) is 9.26 Å². The van der Waals surface area contributed by atoms with Gasteiger partial charge in [-0.3, -0.25) is 0 Å². The Kier molecular flexibility index (Phi) is 1.15. The predicted molar refractivity (Wildman–Crippen MR) is 38.6 cm³/mol. The van der Waals surface area contributed by atoms with Gasteiger partial charge in [-0.05, 0) is 33.9 Å². The van der Waals surface area contributed by atoms with E-state index in [1.165, 1.54) is 12.8 Å². The molecule has 0 aromatic carbocycles. The van der Waals surface area contributed by atoms with Crippen LogP contribution in [0.5, 0.6) is 0 Å². The minimum absolute atomic E-state index is 0.193. The summed E-state index contributed by atoms with van der Waals surface area (Å²) in [7, 11) is 0. The summed E-state index contributed by atoms with van der Waals surface area (Å²) < 4.78 is 5.53. The third-order valence-corrected chi connectivity index (χ3v) is 2.24. The number of hydrogen-bond donors (Lipinski definition) is 0. The molecule has 4 heteroatoms. The van der Waals surface area contributed by atoms with Gasteiger partial charge in [-0.1, -0.05) is 6.92 Å². The molecule has 0 spiro atoms. The summed E-state index contributed by atoms with van der Waals surface area (Å²) in [6, 6.07) is 0. The van der Waals surface area contributed by atoms with Gasteiger partial charge in [0.25, 0.3) is 0 Å². The van der Waals surface area contributed by atoms with Crippen molar-refractivity contribution in [2.45, 2.75) is 25.2 Å². The average Bonchev–Trinajstić information content (AvgIpc) is 2.45. The van der Waals surface area contributed by atoms with E-state index in [2.05, 4.69) is 33.0 Å². The molecule has 1 saturated carbocycles. The molecule has 10 heavy (non-hydrogen) atoms. The second kappa shape index (κ2) is 1.81. The maximum atomic E-state index is 4.98. The smallest absolute Gasteiger partial charge is 0.238 e. The number of hydrogen-bond acceptors (Lipinski definition) is 3. The number of halogens is 1. The van der Waals surface area contributed by atoms with Crippen LogP contribution in [0, 0.1) is 0 Å². The quantitative estimate of drug-likeness (QED) is 0.699. The molecule has 1 aromatic rings. The first-order chi connectivity index (χ1) is 4.71. The van der Waals surface area contributed by atoms with Gasteiger partial charge in [0.15, 0.2) is 0 Å². The Labute approximate surface area is 66.9 Å². The first-order valence-electron chi connectivity index (χ1n) is 3.20. The van der Waals surface area contributed by atoms with Gasteiger partial charge in [0.05, 0.1) is 0 Å². The van der Waals surface area contributed by atoms with Crippen molar-refractivity contribution in [2.75, 3.05) is 0 Å². The summed E-state index contributed by atoms with van der Waals surface area (Å²) in [4.78, 5) is 4.08. The Hall–Kier alpha value is -0.380. The third kappa shape index (κ3) is 0.868. The van der Waals surface area contributed by atoms with Crippen molar-refractivity contribution in [2.24, 2.45) is 0 Å². The van der Waals surface area contributed by atoms with Gasteiger partial charge >= 0.3 is 0 Å². The maximum Gasteiger partial charge on any atom is 0.238 e. The van der Waals surface area contributed by atoms with Crippen LogP contribution in [0.3, 0.4) is 0 Å². The minimum atomic E-state index is 0.193. The van der Waals surface area contributed by atoms with Crippen molar-refractivity contribution < 1.29 is 4.52 Å². The molecule has 1 aromatic heterocycles. The van der Waals surface area contributed by atoms with Crippen molar-refractivity contribution in [3.8, 4) is 0 Å². The highest BCUT2D eigenvalue weighted by atomic mass is 79.9. The lowest BCUT2D eigenvalue weighted by Crippen LogP contribution is -1.98. The number of nitrogens with zero attached hydrogens (tertiary/aromatic N) is 2. The molecule has 0 amide bonds. The second-order valence-electron chi connectivity index (χ2n) is 2.93. The van der Waals surface area contributed by atoms with E-state index in [0.717, 1.165) is 5.89 Å². The van der Waals surface area contributed by atoms with Crippen LogP contribution in [0.1, 0.15) is 25.7 Å². The van der Waals surface area contributed by atoms with Crippen molar-refractivity contribution in [3.63, 3.8) is 0 Å². The Balaban J connectivity index is 2.34. The van der Waals surface area contributed by atoms with E-state index in [1.54, 1.807) is 0 Å². The average molecular weight is 203 g/mol. The van der Waals surface area contributed by atoms with Crippen LogP contribution in [0.4, 0.5) is 0 Å². The molecule has 1 heterocycles. The zero-order valence-electron chi connectivity index (χ0n) is 5.59. The van der Waals surface area contributed by atoms with Crippen LogP contribution < -0.4 is 0 Å². The largest absolute Gasteiger partial charge is 0.338 e. The molecule has 0 bridgehead atoms. The number of aromatic nitrogens is 2. The summed E-state index contributed by atoms with van der Waals surface area (Å²) >= 11 is 3.14. The molecule has 0 N–H and O–H groups in total. The Morgan fingerprint density at radius 2 is 2.30 bits per heavy atom. The number of rotatable bonds is 1. The van der Waals surface area contributed by atoms with Gasteiger partial charge in [0.1, 0.15) is 0 Å². The second-order valence-corrected chi connectivity index (χ2v) is 3.64. The van der Waals surface area contributed by atoms with Gasteiger partial charge in [-0.15, -0.1) is 0 Å². The van der Waals surface area contributed by atoms with Crippen LogP contribution in [0.25, 0.3) is 0 Å². The normalized spacial score (nSPS) is 21.0. The summed E-state index contributed by atoms with van der Waals surface area (Å²) in [6.07, 6.45) is 2.34. The van der Waals surface area contributed by atoms with E-state index in [4.69, 9.17) is 4.52 Å². The summed E-state index contributed by atoms with van der Waals surface area (Å²) in [5.41, 5.74) is 0.193. The summed E-state index contributed by atoms with van der Waals surface area (Å²) in [5, 5.41) is 3.65. The Bertz CT molecular complexity index is 254. The van der Waals surface area contributed by atoms with Crippen molar-refractivity contribution >= 4 is 15.9 Å². The topological polar surface area (TPSA) is 38.9 Å². The van der Waals surface area contributed by atoms with Crippen LogP contribution in [-0.4, -0.2) is 10.1 Å². The first kappa shape index (κ1) is 6.34. The standard InChI is InChI=1S/C6H7BrN2O/c1-6(2-3-6)4-8-5(7)9-10-4/h2-3H2,1H3. The van der Waals surface area contributed by atoms with Crippen LogP contribution in [-0.2, 0) is 5.41 Å². The van der Waals surface area contributed by atoms with E-state index < -0.39 is 0 Å². The Morgan fingerprint density at radius 3 is 2.70 bits per heavy atom. The molecule has 0 atom stereocenters. The molecule has 1 fully saturated rings. The van der Waals surface area contributed by atoms with Gasteiger partial charge in [-0.25, -0.2) is 0 Å². The minimum Gasteiger partial charge on any atom is -0.338 e. The fourth-order valence-corrected chi connectivity index (χ4v) is 1.09. The molecule has 0 unspecified atom stereocenters. The van der Waals surface area contributed by atoms with Crippen molar-refractivity contribution in [1.29, 1.82) is 0 Å². The lowest BCUT2D eigenvalue weighted by molar-refractivity contribution is 0.350. The lowest BCUT2D eigenvalue weighted by atomic mass is 10.1. The molecule has 0 radical (unpaired) electrons. The molecule has 0 aliphatic heterocycles. The fourth-order valence-electron chi connectivity index (χ4n) is 0.852. The van der Waals surface area contributed by atoms with E-state index in [0.29, 0.717) is 4.73 Å². The van der Waals surface area contributed by atoms with E-state index in [-0.39, 0.29) is 5.41 Å². The van der Waals surface area contributed by atoms with E-state index >= 15 is 0 Å². The molecule has 3 nitrogen and oxygen atoms in total. The van der Waals surface area contributed by atoms with Crippen LogP contribution >= 0.6 is 15.9 Å². The third-order valence-electron chi connectivity index (χ3n) is 1.92. The molecule has 1 aliphatic carbocycles. The van der Waals surface area contributed by atoms with Gasteiger partial charge in [-0.2, -0.15) is 4.98 Å². The van der Waals surface area contributed by atoms with Crippen molar-refractivity contribution in [1.82, 2.24) is 10.1 Å². The zero-order chi connectivity index (χ0) is 7.19. The molecule has 0 saturated heterocycles. The SMILES string of the molecule is CC1(c2nc(Br)no2)CC1. The highest BCUT2D eigenvalue weighted by Gasteiger charge is 2.44. The highest BCUT2D eigenvalue weighted by molar-refractivity contribution is 9.10. The van der Waals surface area contributed by atoms with Gasteiger partial charge < -0.3 is 4.52 Å². The summed E-state index contributed by atoms with van der Waals surface area (Å²) in [6.45, 7) is 2.13. The zero-order valence-corrected chi connectivity index (χ0v) is 7.18. The maximum absolute atomic E-state index is 4.98. The molecule has 2 rings (SSSR count). The van der Waals surface area contributed by atoms with E-state index in [9.17, 15) is 0 Å². The molecule has 54 valence electrons. The lowest BCUT2D eigenvalue weighted by Gasteiger charge is -1.96. The first-order valence-corrected chi connectivity index (χ1v) is 4.00. The molecule has 1 aliphatic rings. The highest BCUT2D eigenvalue weighted by Crippen LogP contribution is 2.46. The molecular formula is C6H7BrN2O. The van der Waals surface area contributed by atoms with Gasteiger partial charge in [0, 0.05) is 5.41 Å². The monoisotopic (exact) mass is 202 g/mol. The fraction of sp³-hybridized carbons (Fsp3) is 0.667.